The summed E-state index contributed by atoms with van der Waals surface area (Å²) in [5.41, 5.74) is 0. The molecule has 1 rings (SSSR count). The summed E-state index contributed by atoms with van der Waals surface area (Å²) in [4.78, 5) is -0.247. The molecule has 1 heterocycles. The van der Waals surface area contributed by atoms with Gasteiger partial charge in [0.1, 0.15) is 4.85 Å². The largest absolute Gasteiger partial charge is 0.529 e. The standard InChI is InChI=1S/C8H20O4Si2/c1-9-14(10-2,11-3)8(13)6-4-5-7-12-8/h4-7H2,1-3,13H3. The first-order chi connectivity index (χ1) is 6.64. The molecule has 1 unspecified atom stereocenters. The zero-order valence-corrected chi connectivity index (χ0v) is 12.5. The lowest BCUT2D eigenvalue weighted by Crippen LogP contribution is -2.66. The van der Waals surface area contributed by atoms with Gasteiger partial charge in [-0.05, 0) is 19.3 Å². The molecule has 0 spiro atoms. The van der Waals surface area contributed by atoms with Crippen LogP contribution >= 0.6 is 0 Å². The number of hydrogen-bond donors (Lipinski definition) is 0. The third-order valence-electron chi connectivity index (χ3n) is 2.92. The monoisotopic (exact) mass is 236 g/mol. The van der Waals surface area contributed by atoms with Gasteiger partial charge in [-0.25, -0.2) is 0 Å². The Morgan fingerprint density at radius 3 is 2.07 bits per heavy atom. The second kappa shape index (κ2) is 4.86. The molecule has 14 heavy (non-hydrogen) atoms. The van der Waals surface area contributed by atoms with Crippen LogP contribution in [-0.4, -0.2) is 51.8 Å². The van der Waals surface area contributed by atoms with E-state index in [0.717, 1.165) is 29.7 Å². The van der Waals surface area contributed by atoms with Gasteiger partial charge in [-0.15, -0.1) is 0 Å². The van der Waals surface area contributed by atoms with E-state index in [2.05, 4.69) is 0 Å². The first-order valence-electron chi connectivity index (χ1n) is 4.93. The Bertz CT molecular complexity index is 170. The predicted octanol–water partition coefficient (Wildman–Crippen LogP) is -0.334. The van der Waals surface area contributed by atoms with Gasteiger partial charge in [0.05, 0.1) is 0 Å². The van der Waals surface area contributed by atoms with Crippen LogP contribution in [-0.2, 0) is 18.0 Å². The lowest BCUT2D eigenvalue weighted by Gasteiger charge is -2.43. The highest BCUT2D eigenvalue weighted by molar-refractivity contribution is 6.72. The average molecular weight is 236 g/mol. The van der Waals surface area contributed by atoms with Crippen LogP contribution in [0, 0.1) is 0 Å². The molecule has 1 saturated heterocycles. The Kier molecular flexibility index (Phi) is 4.29. The molecule has 0 aliphatic carbocycles. The Morgan fingerprint density at radius 2 is 1.71 bits per heavy atom. The first kappa shape index (κ1) is 12.3. The molecule has 0 N–H and O–H groups in total. The quantitative estimate of drug-likeness (QED) is 0.626. The van der Waals surface area contributed by atoms with E-state index in [9.17, 15) is 0 Å². The second-order valence-electron chi connectivity index (χ2n) is 3.70. The van der Waals surface area contributed by atoms with Gasteiger partial charge in [-0.3, -0.25) is 0 Å². The molecule has 0 amide bonds. The predicted molar refractivity (Wildman–Crippen MR) is 59.3 cm³/mol. The summed E-state index contributed by atoms with van der Waals surface area (Å²) in [6.45, 7) is 0.800. The van der Waals surface area contributed by atoms with Crippen molar-refractivity contribution in [1.29, 1.82) is 0 Å². The van der Waals surface area contributed by atoms with Crippen LogP contribution in [0.5, 0.6) is 0 Å². The fourth-order valence-corrected chi connectivity index (χ4v) is 7.03. The molecule has 0 aromatic carbocycles. The van der Waals surface area contributed by atoms with Crippen molar-refractivity contribution in [3.63, 3.8) is 0 Å². The molecule has 0 aromatic heterocycles. The normalized spacial score (nSPS) is 29.4. The van der Waals surface area contributed by atoms with E-state index in [1.165, 1.54) is 6.42 Å². The third-order valence-corrected chi connectivity index (χ3v) is 8.85. The summed E-state index contributed by atoms with van der Waals surface area (Å²) >= 11 is 0. The summed E-state index contributed by atoms with van der Waals surface area (Å²) in [5, 5.41) is 0. The van der Waals surface area contributed by atoms with Crippen LogP contribution in [0.3, 0.4) is 0 Å². The Morgan fingerprint density at radius 1 is 1.14 bits per heavy atom. The highest BCUT2D eigenvalue weighted by atomic mass is 28.4. The van der Waals surface area contributed by atoms with Gasteiger partial charge in [0.25, 0.3) is 0 Å². The highest BCUT2D eigenvalue weighted by Gasteiger charge is 2.58. The van der Waals surface area contributed by atoms with Gasteiger partial charge in [-0.2, -0.15) is 0 Å². The molecule has 4 nitrogen and oxygen atoms in total. The fraction of sp³-hybridized carbons (Fsp3) is 1.00. The van der Waals surface area contributed by atoms with E-state index in [1.807, 2.05) is 0 Å². The fourth-order valence-electron chi connectivity index (χ4n) is 2.07. The van der Waals surface area contributed by atoms with E-state index in [-0.39, 0.29) is 4.85 Å². The second-order valence-corrected chi connectivity index (χ2v) is 9.72. The maximum Gasteiger partial charge on any atom is 0.529 e. The number of ether oxygens (including phenoxy) is 1. The minimum atomic E-state index is -2.60. The lowest BCUT2D eigenvalue weighted by molar-refractivity contribution is -0.0349. The first-order valence-corrected chi connectivity index (χ1v) is 7.66. The number of rotatable bonds is 4. The molecule has 84 valence electrons. The molecule has 1 aliphatic rings. The van der Waals surface area contributed by atoms with E-state index >= 15 is 0 Å². The van der Waals surface area contributed by atoms with Crippen LogP contribution in [0.15, 0.2) is 0 Å². The smallest absolute Gasteiger partial charge is 0.375 e. The van der Waals surface area contributed by atoms with Crippen LogP contribution in [0.25, 0.3) is 0 Å². The van der Waals surface area contributed by atoms with Gasteiger partial charge in [-0.1, -0.05) is 0 Å². The van der Waals surface area contributed by atoms with Crippen molar-refractivity contribution < 1.29 is 18.0 Å². The van der Waals surface area contributed by atoms with E-state index in [1.54, 1.807) is 21.3 Å². The van der Waals surface area contributed by atoms with E-state index in [0.29, 0.717) is 0 Å². The van der Waals surface area contributed by atoms with Crippen molar-refractivity contribution >= 4 is 19.0 Å². The minimum absolute atomic E-state index is 0.247. The van der Waals surface area contributed by atoms with Crippen molar-refractivity contribution in [2.24, 2.45) is 0 Å². The third kappa shape index (κ3) is 1.95. The molecule has 1 atom stereocenters. The van der Waals surface area contributed by atoms with Crippen molar-refractivity contribution in [2.45, 2.75) is 24.1 Å². The Hall–Kier alpha value is 0.274. The van der Waals surface area contributed by atoms with Crippen LogP contribution in [0.4, 0.5) is 0 Å². The number of hydrogen-bond acceptors (Lipinski definition) is 4. The van der Waals surface area contributed by atoms with Crippen LogP contribution in [0.2, 0.25) is 0 Å². The molecule has 0 radical (unpaired) electrons. The summed E-state index contributed by atoms with van der Waals surface area (Å²) in [6, 6.07) is 0. The van der Waals surface area contributed by atoms with E-state index < -0.39 is 8.80 Å². The maximum absolute atomic E-state index is 5.85. The minimum Gasteiger partial charge on any atom is -0.375 e. The summed E-state index contributed by atoms with van der Waals surface area (Å²) in [6.07, 6.45) is 3.31. The van der Waals surface area contributed by atoms with Crippen LogP contribution < -0.4 is 0 Å². The SMILES string of the molecule is CO[Si](OC)(OC)C1([SiH3])CCCCO1. The zero-order chi connectivity index (χ0) is 10.7. The maximum atomic E-state index is 5.85. The Balaban J connectivity index is 2.83. The summed E-state index contributed by atoms with van der Waals surface area (Å²) in [5.74, 6) is 0. The van der Waals surface area contributed by atoms with Crippen molar-refractivity contribution in [1.82, 2.24) is 0 Å². The topological polar surface area (TPSA) is 36.9 Å². The summed E-state index contributed by atoms with van der Waals surface area (Å²) < 4.78 is 22.3. The molecular weight excluding hydrogens is 216 g/mol. The molecular formula is C8H20O4Si2. The summed E-state index contributed by atoms with van der Waals surface area (Å²) in [7, 11) is 3.23. The molecule has 0 saturated carbocycles. The van der Waals surface area contributed by atoms with Gasteiger partial charge < -0.3 is 18.0 Å². The molecule has 0 bridgehead atoms. The van der Waals surface area contributed by atoms with Gasteiger partial charge in [0.2, 0.25) is 0 Å². The molecule has 1 fully saturated rings. The highest BCUT2D eigenvalue weighted by Crippen LogP contribution is 2.32. The van der Waals surface area contributed by atoms with Crippen molar-refractivity contribution in [3.05, 3.63) is 0 Å². The van der Waals surface area contributed by atoms with Crippen LogP contribution in [0.1, 0.15) is 19.3 Å². The average Bonchev–Trinajstić information content (AvgIpc) is 2.22. The van der Waals surface area contributed by atoms with Gasteiger partial charge >= 0.3 is 8.80 Å². The van der Waals surface area contributed by atoms with Crippen molar-refractivity contribution in [2.75, 3.05) is 27.9 Å². The molecule has 6 heteroatoms. The van der Waals surface area contributed by atoms with Gasteiger partial charge in [0.15, 0.2) is 0 Å². The lowest BCUT2D eigenvalue weighted by atomic mass is 10.2. The van der Waals surface area contributed by atoms with E-state index in [4.69, 9.17) is 18.0 Å². The van der Waals surface area contributed by atoms with Crippen molar-refractivity contribution in [3.8, 4) is 0 Å². The zero-order valence-electron chi connectivity index (χ0n) is 9.46. The molecule has 0 aromatic rings. The Labute approximate surface area is 89.7 Å². The molecule has 1 aliphatic heterocycles. The van der Waals surface area contributed by atoms with Gasteiger partial charge in [0, 0.05) is 38.2 Å².